The van der Waals surface area contributed by atoms with E-state index in [1.54, 1.807) is 0 Å². The van der Waals surface area contributed by atoms with Gasteiger partial charge in [0.05, 0.1) is 5.92 Å². The molecule has 3 N–H and O–H groups in total. The van der Waals surface area contributed by atoms with Crippen molar-refractivity contribution in [3.8, 4) is 0 Å². The topological polar surface area (TPSA) is 71.2 Å². The second kappa shape index (κ2) is 9.60. The van der Waals surface area contributed by atoms with Crippen LogP contribution in [0.2, 0.25) is 0 Å². The summed E-state index contributed by atoms with van der Waals surface area (Å²) in [5.41, 5.74) is 6.97. The fourth-order valence-electron chi connectivity index (χ4n) is 3.76. The van der Waals surface area contributed by atoms with Crippen molar-refractivity contribution in [2.45, 2.75) is 57.5 Å². The summed E-state index contributed by atoms with van der Waals surface area (Å²) in [6.45, 7) is 4.72. The first-order chi connectivity index (χ1) is 11.1. The first-order valence-corrected chi connectivity index (χ1v) is 8.83. The molecule has 0 spiro atoms. The van der Waals surface area contributed by atoms with Crippen molar-refractivity contribution in [2.24, 2.45) is 11.7 Å². The van der Waals surface area contributed by atoms with Crippen molar-refractivity contribution < 1.29 is 4.79 Å². The van der Waals surface area contributed by atoms with Crippen LogP contribution in [-0.2, 0) is 11.3 Å². The third kappa shape index (κ3) is 5.47. The number of hydrogen-bond acceptors (Lipinski definition) is 4. The fraction of sp³-hybridized carbons (Fsp3) is 0.667. The minimum Gasteiger partial charge on any atom is -0.357 e. The number of nitrogens with one attached hydrogen (secondary N) is 1. The minimum atomic E-state index is -0.375. The number of halogens is 2. The summed E-state index contributed by atoms with van der Waals surface area (Å²) >= 11 is 0. The van der Waals surface area contributed by atoms with E-state index in [0.717, 1.165) is 50.2 Å². The van der Waals surface area contributed by atoms with Crippen LogP contribution in [0.1, 0.15) is 51.0 Å². The van der Waals surface area contributed by atoms with Gasteiger partial charge >= 0.3 is 0 Å². The third-order valence-corrected chi connectivity index (χ3v) is 5.28. The highest BCUT2D eigenvalue weighted by molar-refractivity contribution is 5.85. The molecule has 0 bridgehead atoms. The van der Waals surface area contributed by atoms with Crippen molar-refractivity contribution in [1.29, 1.82) is 0 Å². The normalized spacial score (nSPS) is 25.7. The van der Waals surface area contributed by atoms with E-state index in [2.05, 4.69) is 27.3 Å². The van der Waals surface area contributed by atoms with Crippen LogP contribution in [0.5, 0.6) is 0 Å². The zero-order valence-corrected chi connectivity index (χ0v) is 16.5. The first-order valence-electron chi connectivity index (χ1n) is 8.83. The highest BCUT2D eigenvalue weighted by Crippen LogP contribution is 2.31. The Morgan fingerprint density at radius 3 is 2.60 bits per heavy atom. The van der Waals surface area contributed by atoms with Crippen LogP contribution in [-0.4, -0.2) is 29.5 Å². The van der Waals surface area contributed by atoms with Gasteiger partial charge in [-0.3, -0.25) is 4.79 Å². The van der Waals surface area contributed by atoms with Crippen LogP contribution in [0, 0.1) is 5.92 Å². The number of nitrogens with two attached hydrogens (primary N) is 1. The van der Waals surface area contributed by atoms with Gasteiger partial charge in [0.1, 0.15) is 5.82 Å². The molecule has 2 unspecified atom stereocenters. The maximum atomic E-state index is 12.4. The van der Waals surface area contributed by atoms with Crippen molar-refractivity contribution in [1.82, 2.24) is 10.3 Å². The van der Waals surface area contributed by atoms with Gasteiger partial charge in [0.25, 0.3) is 0 Å². The van der Waals surface area contributed by atoms with Gasteiger partial charge in [-0.15, -0.1) is 24.8 Å². The van der Waals surface area contributed by atoms with E-state index in [-0.39, 0.29) is 42.2 Å². The molecule has 1 amide bonds. The Kier molecular flexibility index (Phi) is 8.45. The molecule has 3 rings (SSSR count). The number of carbonyl (C=O) groups is 1. The van der Waals surface area contributed by atoms with Gasteiger partial charge in [-0.25, -0.2) is 4.98 Å². The van der Waals surface area contributed by atoms with Crippen LogP contribution < -0.4 is 16.0 Å². The summed E-state index contributed by atoms with van der Waals surface area (Å²) in [5.74, 6) is 1.05. The molecule has 1 saturated heterocycles. The lowest BCUT2D eigenvalue weighted by molar-refractivity contribution is -0.128. The molecule has 1 aromatic heterocycles. The predicted octanol–water partition coefficient (Wildman–Crippen LogP) is 3.05. The Bertz CT molecular complexity index is 545. The van der Waals surface area contributed by atoms with Crippen LogP contribution in [0.3, 0.4) is 0 Å². The van der Waals surface area contributed by atoms with Gasteiger partial charge in [0.15, 0.2) is 0 Å². The fourth-order valence-corrected chi connectivity index (χ4v) is 3.76. The summed E-state index contributed by atoms with van der Waals surface area (Å²) in [5, 5.41) is 3.04. The number of anilines is 1. The molecule has 5 nitrogen and oxygen atoms in total. The molecule has 7 heteroatoms. The first kappa shape index (κ1) is 22.0. The molecule has 2 atom stereocenters. The van der Waals surface area contributed by atoms with E-state index in [9.17, 15) is 4.79 Å². The van der Waals surface area contributed by atoms with E-state index in [0.29, 0.717) is 6.54 Å². The molecule has 1 saturated carbocycles. The van der Waals surface area contributed by atoms with Gasteiger partial charge in [-0.2, -0.15) is 0 Å². The molecule has 0 radical (unpaired) electrons. The lowest BCUT2D eigenvalue weighted by Gasteiger charge is -2.37. The van der Waals surface area contributed by atoms with Gasteiger partial charge in [0, 0.05) is 31.4 Å². The molecule has 1 aromatic rings. The molecule has 2 fully saturated rings. The molecular formula is C18H30Cl2N4O. The van der Waals surface area contributed by atoms with E-state index >= 15 is 0 Å². The molecule has 25 heavy (non-hydrogen) atoms. The molecule has 0 aromatic carbocycles. The lowest BCUT2D eigenvalue weighted by Crippen LogP contribution is -2.52. The number of rotatable bonds is 4. The molecule has 1 aliphatic heterocycles. The average molecular weight is 389 g/mol. The Hall–Kier alpha value is -1.04. The van der Waals surface area contributed by atoms with Gasteiger partial charge in [-0.05, 0) is 44.2 Å². The molecule has 2 aliphatic rings. The summed E-state index contributed by atoms with van der Waals surface area (Å²) in [7, 11) is 0. The van der Waals surface area contributed by atoms with E-state index in [1.165, 1.54) is 12.8 Å². The van der Waals surface area contributed by atoms with Crippen molar-refractivity contribution in [3.05, 3.63) is 23.9 Å². The number of hydrogen-bond donors (Lipinski definition) is 2. The van der Waals surface area contributed by atoms with Gasteiger partial charge in [0.2, 0.25) is 5.91 Å². The van der Waals surface area contributed by atoms with Crippen LogP contribution in [0.4, 0.5) is 5.82 Å². The zero-order valence-electron chi connectivity index (χ0n) is 14.9. The van der Waals surface area contributed by atoms with E-state index < -0.39 is 0 Å². The maximum absolute atomic E-state index is 12.4. The lowest BCUT2D eigenvalue weighted by atomic mass is 9.74. The Labute approximate surface area is 163 Å². The SMILES string of the molecule is CC1(N)CCCCC1C(=O)NCc1ccc(N2CCCC2)nc1.Cl.Cl. The predicted molar refractivity (Wildman–Crippen MR) is 107 cm³/mol. The quantitative estimate of drug-likeness (QED) is 0.831. The largest absolute Gasteiger partial charge is 0.357 e. The Morgan fingerprint density at radius 2 is 2.00 bits per heavy atom. The Morgan fingerprint density at radius 1 is 1.28 bits per heavy atom. The summed E-state index contributed by atoms with van der Waals surface area (Å²) < 4.78 is 0. The van der Waals surface area contributed by atoms with Gasteiger partial charge in [-0.1, -0.05) is 18.9 Å². The minimum absolute atomic E-state index is 0. The molecule has 2 heterocycles. The number of aromatic nitrogens is 1. The van der Waals surface area contributed by atoms with Crippen LogP contribution in [0.25, 0.3) is 0 Å². The van der Waals surface area contributed by atoms with Crippen LogP contribution >= 0.6 is 24.8 Å². The average Bonchev–Trinajstić information content (AvgIpc) is 3.07. The van der Waals surface area contributed by atoms with Crippen LogP contribution in [0.15, 0.2) is 18.3 Å². The molecule has 142 valence electrons. The Balaban J connectivity index is 0.00000156. The highest BCUT2D eigenvalue weighted by Gasteiger charge is 2.37. The van der Waals surface area contributed by atoms with Gasteiger partial charge < -0.3 is 16.0 Å². The van der Waals surface area contributed by atoms with Crippen molar-refractivity contribution in [2.75, 3.05) is 18.0 Å². The highest BCUT2D eigenvalue weighted by atomic mass is 35.5. The number of carbonyl (C=O) groups excluding carboxylic acids is 1. The van der Waals surface area contributed by atoms with Crippen molar-refractivity contribution >= 4 is 36.5 Å². The van der Waals surface area contributed by atoms with E-state index in [4.69, 9.17) is 5.73 Å². The molecular weight excluding hydrogens is 359 g/mol. The monoisotopic (exact) mass is 388 g/mol. The third-order valence-electron chi connectivity index (χ3n) is 5.28. The number of nitrogens with zero attached hydrogens (tertiary/aromatic N) is 2. The summed E-state index contributed by atoms with van der Waals surface area (Å²) in [4.78, 5) is 19.3. The number of amides is 1. The summed E-state index contributed by atoms with van der Waals surface area (Å²) in [6, 6.07) is 4.11. The smallest absolute Gasteiger partial charge is 0.225 e. The maximum Gasteiger partial charge on any atom is 0.225 e. The van der Waals surface area contributed by atoms with E-state index in [1.807, 2.05) is 13.1 Å². The van der Waals surface area contributed by atoms with Crippen molar-refractivity contribution in [3.63, 3.8) is 0 Å². The second-order valence-electron chi connectivity index (χ2n) is 7.24. The zero-order chi connectivity index (χ0) is 16.3. The summed E-state index contributed by atoms with van der Waals surface area (Å²) in [6.07, 6.45) is 8.41. The standard InChI is InChI=1S/C18H28N4O.2ClH/c1-18(19)9-3-2-6-15(18)17(23)21-13-14-7-8-16(20-12-14)22-10-4-5-11-22;;/h7-8,12,15H,2-6,9-11,13,19H2,1H3,(H,21,23);2*1H. The number of pyridine rings is 1. The molecule has 1 aliphatic carbocycles. The second-order valence-corrected chi connectivity index (χ2v) is 7.24.